The van der Waals surface area contributed by atoms with E-state index in [2.05, 4.69) is 36.8 Å². The lowest BCUT2D eigenvalue weighted by Crippen LogP contribution is -2.44. The third kappa shape index (κ3) is 4.65. The maximum absolute atomic E-state index is 13.0. The Kier molecular flexibility index (Phi) is 5.66. The molecule has 1 aliphatic rings. The Labute approximate surface area is 192 Å². The Morgan fingerprint density at radius 1 is 0.939 bits per heavy atom. The molecular weight excluding hydrogens is 414 g/mol. The van der Waals surface area contributed by atoms with Gasteiger partial charge in [-0.05, 0) is 42.9 Å². The lowest BCUT2D eigenvalue weighted by atomic mass is 10.1. The summed E-state index contributed by atoms with van der Waals surface area (Å²) in [6.45, 7) is 3.78. The number of carbonyl (C=O) groups excluding carboxylic acids is 1. The zero-order valence-corrected chi connectivity index (χ0v) is 18.5. The highest BCUT2D eigenvalue weighted by Gasteiger charge is 2.17. The van der Waals surface area contributed by atoms with E-state index in [1.165, 1.54) is 0 Å². The number of nitrogens with zero attached hydrogens (tertiary/aromatic N) is 6. The molecule has 0 saturated carbocycles. The first kappa shape index (κ1) is 21.0. The average molecular weight is 440 g/mol. The summed E-state index contributed by atoms with van der Waals surface area (Å²) in [5.41, 5.74) is 9.05. The van der Waals surface area contributed by atoms with Crippen LogP contribution in [0.5, 0.6) is 0 Å². The van der Waals surface area contributed by atoms with Crippen molar-refractivity contribution >= 4 is 28.3 Å². The molecule has 8 heteroatoms. The molecule has 33 heavy (non-hydrogen) atoms. The molecule has 0 radical (unpaired) electrons. The van der Waals surface area contributed by atoms with Crippen LogP contribution in [0, 0.1) is 0 Å². The fraction of sp³-hybridized carbons (Fsp3) is 0.240. The summed E-state index contributed by atoms with van der Waals surface area (Å²) in [6, 6.07) is 13.3. The maximum atomic E-state index is 13.0. The van der Waals surface area contributed by atoms with E-state index < -0.39 is 0 Å². The zero-order chi connectivity index (χ0) is 22.8. The number of hydrogen-bond donors (Lipinski definition) is 1. The highest BCUT2D eigenvalue weighted by atomic mass is 16.1. The Hall–Kier alpha value is -3.91. The molecule has 0 unspecified atom stereocenters. The number of pyridine rings is 2. The van der Waals surface area contributed by atoms with E-state index in [-0.39, 0.29) is 12.2 Å². The number of nitrogens with two attached hydrogens (primary N) is 1. The molecule has 1 aliphatic heterocycles. The van der Waals surface area contributed by atoms with Crippen LogP contribution in [0.4, 0.5) is 11.6 Å². The number of benzene rings is 1. The minimum Gasteiger partial charge on any atom is -0.384 e. The largest absolute Gasteiger partial charge is 0.384 e. The predicted octanol–water partition coefficient (Wildman–Crippen LogP) is 2.85. The highest BCUT2D eigenvalue weighted by molar-refractivity contribution is 5.98. The SMILES string of the molecule is CN1CCN(c2cc(C(=O)Cc3ncc4ccc(-c5ccc(N)nc5)cc4n3)ccn2)CC1. The van der Waals surface area contributed by atoms with Crippen molar-refractivity contribution in [1.82, 2.24) is 24.8 Å². The van der Waals surface area contributed by atoms with E-state index >= 15 is 0 Å². The molecule has 4 aromatic rings. The van der Waals surface area contributed by atoms with Crippen molar-refractivity contribution in [3.63, 3.8) is 0 Å². The molecule has 0 atom stereocenters. The number of likely N-dealkylation sites (N-methyl/N-ethyl adjacent to an activating group) is 1. The van der Waals surface area contributed by atoms with Crippen molar-refractivity contribution < 1.29 is 4.79 Å². The summed E-state index contributed by atoms with van der Waals surface area (Å²) in [5, 5.41) is 0.916. The summed E-state index contributed by atoms with van der Waals surface area (Å²) < 4.78 is 0. The van der Waals surface area contributed by atoms with Crippen LogP contribution in [0.3, 0.4) is 0 Å². The van der Waals surface area contributed by atoms with Gasteiger partial charge < -0.3 is 15.5 Å². The molecule has 4 heterocycles. The number of carbonyl (C=O) groups is 1. The van der Waals surface area contributed by atoms with E-state index in [1.807, 2.05) is 30.3 Å². The first-order chi connectivity index (χ1) is 16.0. The third-order valence-electron chi connectivity index (χ3n) is 5.97. The van der Waals surface area contributed by atoms with E-state index in [9.17, 15) is 4.79 Å². The zero-order valence-electron chi connectivity index (χ0n) is 18.5. The fourth-order valence-electron chi connectivity index (χ4n) is 3.95. The molecule has 3 aromatic heterocycles. The summed E-state index contributed by atoms with van der Waals surface area (Å²) in [6.07, 6.45) is 5.34. The second kappa shape index (κ2) is 8.91. The minimum absolute atomic E-state index is 0.0222. The number of ketones is 1. The molecule has 1 saturated heterocycles. The molecule has 2 N–H and O–H groups in total. The lowest BCUT2D eigenvalue weighted by Gasteiger charge is -2.33. The number of nitrogen functional groups attached to an aromatic ring is 1. The van der Waals surface area contributed by atoms with Crippen LogP contribution in [-0.4, -0.2) is 63.8 Å². The van der Waals surface area contributed by atoms with Crippen molar-refractivity contribution in [2.75, 3.05) is 43.9 Å². The molecular formula is C25H25N7O. The van der Waals surface area contributed by atoms with Crippen LogP contribution < -0.4 is 10.6 Å². The Balaban J connectivity index is 1.36. The predicted molar refractivity (Wildman–Crippen MR) is 129 cm³/mol. The quantitative estimate of drug-likeness (QED) is 0.474. The summed E-state index contributed by atoms with van der Waals surface area (Å²) in [4.78, 5) is 35.2. The lowest BCUT2D eigenvalue weighted by molar-refractivity contribution is 0.0991. The number of fused-ring (bicyclic) bond motifs is 1. The van der Waals surface area contributed by atoms with Crippen molar-refractivity contribution in [2.45, 2.75) is 6.42 Å². The number of hydrogen-bond acceptors (Lipinski definition) is 8. The molecule has 1 aromatic carbocycles. The summed E-state index contributed by atoms with van der Waals surface area (Å²) >= 11 is 0. The van der Waals surface area contributed by atoms with Crippen molar-refractivity contribution in [2.24, 2.45) is 0 Å². The van der Waals surface area contributed by atoms with Gasteiger partial charge in [-0.1, -0.05) is 12.1 Å². The number of rotatable bonds is 5. The second-order valence-corrected chi connectivity index (χ2v) is 8.32. The molecule has 0 spiro atoms. The fourth-order valence-corrected chi connectivity index (χ4v) is 3.95. The normalized spacial score (nSPS) is 14.5. The van der Waals surface area contributed by atoms with Crippen LogP contribution >= 0.6 is 0 Å². The van der Waals surface area contributed by atoms with Gasteiger partial charge in [0.05, 0.1) is 11.9 Å². The van der Waals surface area contributed by atoms with E-state index in [1.54, 1.807) is 30.7 Å². The second-order valence-electron chi connectivity index (χ2n) is 8.32. The Morgan fingerprint density at radius 3 is 2.55 bits per heavy atom. The van der Waals surface area contributed by atoms with E-state index in [4.69, 9.17) is 5.73 Å². The van der Waals surface area contributed by atoms with Gasteiger partial charge in [-0.2, -0.15) is 0 Å². The van der Waals surface area contributed by atoms with Crippen LogP contribution in [0.1, 0.15) is 16.2 Å². The topological polar surface area (TPSA) is 101 Å². The summed E-state index contributed by atoms with van der Waals surface area (Å²) in [7, 11) is 2.11. The van der Waals surface area contributed by atoms with Gasteiger partial charge in [0, 0.05) is 61.3 Å². The molecule has 0 aliphatic carbocycles. The molecule has 0 amide bonds. The molecule has 0 bridgehead atoms. The number of Topliss-reactive ketones (excluding diaryl/α,β-unsaturated/α-hetero) is 1. The summed E-state index contributed by atoms with van der Waals surface area (Å²) in [5.74, 6) is 1.80. The molecule has 166 valence electrons. The van der Waals surface area contributed by atoms with Crippen LogP contribution in [-0.2, 0) is 6.42 Å². The highest BCUT2D eigenvalue weighted by Crippen LogP contribution is 2.23. The van der Waals surface area contributed by atoms with Gasteiger partial charge in [-0.3, -0.25) is 4.79 Å². The van der Waals surface area contributed by atoms with Gasteiger partial charge in [0.2, 0.25) is 0 Å². The van der Waals surface area contributed by atoms with Crippen molar-refractivity contribution in [1.29, 1.82) is 0 Å². The van der Waals surface area contributed by atoms with Gasteiger partial charge >= 0.3 is 0 Å². The average Bonchev–Trinajstić information content (AvgIpc) is 2.84. The monoisotopic (exact) mass is 439 g/mol. The smallest absolute Gasteiger partial charge is 0.170 e. The number of piperazine rings is 1. The van der Waals surface area contributed by atoms with Gasteiger partial charge in [-0.25, -0.2) is 19.9 Å². The maximum Gasteiger partial charge on any atom is 0.170 e. The van der Waals surface area contributed by atoms with Crippen LogP contribution in [0.2, 0.25) is 0 Å². The van der Waals surface area contributed by atoms with E-state index in [0.717, 1.165) is 54.0 Å². The van der Waals surface area contributed by atoms with Gasteiger partial charge in [0.15, 0.2) is 5.78 Å². The van der Waals surface area contributed by atoms with Gasteiger partial charge in [-0.15, -0.1) is 0 Å². The first-order valence-corrected chi connectivity index (χ1v) is 11.0. The molecule has 1 fully saturated rings. The van der Waals surface area contributed by atoms with Crippen molar-refractivity contribution in [3.05, 3.63) is 72.4 Å². The molecule has 8 nitrogen and oxygen atoms in total. The van der Waals surface area contributed by atoms with Gasteiger partial charge in [0.25, 0.3) is 0 Å². The standard InChI is InChI=1S/C25H25N7O/c1-31-8-10-32(11-9-31)25-13-18(6-7-27-25)22(33)14-24-29-16-20-3-2-17(12-21(20)30-24)19-4-5-23(26)28-15-19/h2-7,12-13,15-16H,8-11,14H2,1H3,(H2,26,28). The molecule has 5 rings (SSSR count). The van der Waals surface area contributed by atoms with Gasteiger partial charge in [0.1, 0.15) is 17.5 Å². The Bertz CT molecular complexity index is 1300. The Morgan fingerprint density at radius 2 is 1.76 bits per heavy atom. The third-order valence-corrected chi connectivity index (χ3v) is 5.97. The number of aromatic nitrogens is 4. The first-order valence-electron chi connectivity index (χ1n) is 11.0. The minimum atomic E-state index is -0.0222. The van der Waals surface area contributed by atoms with Crippen LogP contribution in [0.25, 0.3) is 22.0 Å². The van der Waals surface area contributed by atoms with Crippen molar-refractivity contribution in [3.8, 4) is 11.1 Å². The number of anilines is 2. The van der Waals surface area contributed by atoms with Crippen LogP contribution in [0.15, 0.2) is 61.1 Å². The van der Waals surface area contributed by atoms with E-state index in [0.29, 0.717) is 17.2 Å².